The molecule has 0 saturated heterocycles. The van der Waals surface area contributed by atoms with E-state index in [0.717, 1.165) is 5.56 Å². The van der Waals surface area contributed by atoms with Gasteiger partial charge in [-0.15, -0.1) is 5.56 Å². The molecule has 18 heavy (non-hydrogen) atoms. The van der Waals surface area contributed by atoms with Crippen molar-refractivity contribution < 1.29 is 21.7 Å². The molecule has 0 radical (unpaired) electrons. The molecule has 0 spiro atoms. The Labute approximate surface area is 143 Å². The van der Waals surface area contributed by atoms with Crippen LogP contribution < -0.4 is 21.7 Å². The third-order valence-electron chi connectivity index (χ3n) is 2.03. The minimum absolute atomic E-state index is 0. The second kappa shape index (κ2) is 9.05. The Kier molecular flexibility index (Phi) is 9.08. The molecule has 0 bridgehead atoms. The van der Waals surface area contributed by atoms with Gasteiger partial charge in [0.15, 0.2) is 0 Å². The van der Waals surface area contributed by atoms with Crippen LogP contribution >= 0.6 is 23.2 Å². The quantitative estimate of drug-likeness (QED) is 0.589. The summed E-state index contributed by atoms with van der Waals surface area (Å²) < 4.78 is 5.57. The van der Waals surface area contributed by atoms with Crippen molar-refractivity contribution in [2.24, 2.45) is 0 Å². The van der Waals surface area contributed by atoms with Crippen LogP contribution in [0.3, 0.4) is 0 Å². The van der Waals surface area contributed by atoms with E-state index in [1.807, 2.05) is 24.3 Å². The Balaban J connectivity index is 0.00000144. The summed E-state index contributed by atoms with van der Waals surface area (Å²) in [7, 11) is 0. The third-order valence-corrected chi connectivity index (χ3v) is 2.47. The van der Waals surface area contributed by atoms with E-state index in [1.54, 1.807) is 18.2 Å². The van der Waals surface area contributed by atoms with Gasteiger partial charge in [-0.25, -0.2) is 0 Å². The smallest absolute Gasteiger partial charge is 1.00 e. The molecule has 0 saturated carbocycles. The van der Waals surface area contributed by atoms with E-state index >= 15 is 0 Å². The molecule has 2 aromatic carbocycles. The van der Waals surface area contributed by atoms with E-state index in [9.17, 15) is 0 Å². The van der Waals surface area contributed by atoms with Crippen molar-refractivity contribution in [3.63, 3.8) is 0 Å². The van der Waals surface area contributed by atoms with Crippen molar-refractivity contribution in [2.45, 2.75) is 6.61 Å². The third kappa shape index (κ3) is 5.80. The predicted octanol–water partition coefficient (Wildman–Crippen LogP) is 0.996. The fourth-order valence-electron chi connectivity index (χ4n) is 1.30. The fourth-order valence-corrected chi connectivity index (χ4v) is 1.80. The minimum Gasteiger partial charge on any atom is -1.00 e. The average molecular weight is 356 g/mol. The SMILES string of the molecule is Clc1cc(Cl)cc(OCc2cc[c-]cc2)c1.[Br-].[Mg+2]. The van der Waals surface area contributed by atoms with Gasteiger partial charge in [-0.3, -0.25) is 0 Å². The summed E-state index contributed by atoms with van der Waals surface area (Å²) in [5.41, 5.74) is 1.08. The molecule has 90 valence electrons. The Morgan fingerprint density at radius 1 is 1.00 bits per heavy atom. The Hall–Kier alpha value is 0.0662. The first kappa shape index (κ1) is 18.1. The largest absolute Gasteiger partial charge is 2.00 e. The van der Waals surface area contributed by atoms with Crippen LogP contribution in [-0.4, -0.2) is 23.1 Å². The summed E-state index contributed by atoms with van der Waals surface area (Å²) in [6, 6.07) is 15.7. The summed E-state index contributed by atoms with van der Waals surface area (Å²) >= 11 is 11.7. The molecule has 5 heteroatoms. The molecule has 2 aromatic rings. The second-order valence-corrected chi connectivity index (χ2v) is 4.17. The zero-order valence-electron chi connectivity index (χ0n) is 9.50. The van der Waals surface area contributed by atoms with Gasteiger partial charge in [-0.1, -0.05) is 23.2 Å². The molecule has 0 amide bonds. The summed E-state index contributed by atoms with van der Waals surface area (Å²) in [5, 5.41) is 1.15. The van der Waals surface area contributed by atoms with Crippen LogP contribution in [-0.2, 0) is 6.61 Å². The number of ether oxygens (including phenoxy) is 1. The maximum Gasteiger partial charge on any atom is 2.00 e. The van der Waals surface area contributed by atoms with E-state index in [4.69, 9.17) is 27.9 Å². The summed E-state index contributed by atoms with van der Waals surface area (Å²) in [6.45, 7) is 0.491. The molecule has 0 heterocycles. The molecule has 0 aliphatic carbocycles. The average Bonchev–Trinajstić information content (AvgIpc) is 2.27. The van der Waals surface area contributed by atoms with Gasteiger partial charge in [0.25, 0.3) is 0 Å². The van der Waals surface area contributed by atoms with Crippen LogP contribution in [0.4, 0.5) is 0 Å². The van der Waals surface area contributed by atoms with Gasteiger partial charge in [0.1, 0.15) is 5.75 Å². The molecule has 0 aliphatic rings. The molecule has 0 unspecified atom stereocenters. The van der Waals surface area contributed by atoms with Crippen LogP contribution in [0, 0.1) is 6.07 Å². The van der Waals surface area contributed by atoms with Crippen molar-refractivity contribution in [3.8, 4) is 5.75 Å². The number of rotatable bonds is 3. The number of benzene rings is 2. The minimum atomic E-state index is 0. The maximum atomic E-state index is 5.86. The van der Waals surface area contributed by atoms with Crippen molar-refractivity contribution >= 4 is 46.3 Å². The fraction of sp³-hybridized carbons (Fsp3) is 0.0769. The van der Waals surface area contributed by atoms with E-state index < -0.39 is 0 Å². The topological polar surface area (TPSA) is 9.23 Å². The van der Waals surface area contributed by atoms with Gasteiger partial charge in [0, 0.05) is 10.0 Å². The zero-order chi connectivity index (χ0) is 11.4. The molecule has 0 aromatic heterocycles. The van der Waals surface area contributed by atoms with Crippen molar-refractivity contribution in [2.75, 3.05) is 0 Å². The Bertz CT molecular complexity index is 459. The van der Waals surface area contributed by atoms with Gasteiger partial charge < -0.3 is 21.7 Å². The summed E-state index contributed by atoms with van der Waals surface area (Å²) in [4.78, 5) is 0. The van der Waals surface area contributed by atoms with Crippen LogP contribution in [0.5, 0.6) is 5.75 Å². The molecule has 0 fully saturated rings. The Morgan fingerprint density at radius 3 is 2.11 bits per heavy atom. The van der Waals surface area contributed by atoms with Gasteiger partial charge in [0.2, 0.25) is 0 Å². The zero-order valence-corrected chi connectivity index (χ0v) is 14.0. The van der Waals surface area contributed by atoms with E-state index in [-0.39, 0.29) is 40.0 Å². The molecule has 2 rings (SSSR count). The molecule has 1 nitrogen and oxygen atoms in total. The van der Waals surface area contributed by atoms with E-state index in [0.29, 0.717) is 22.4 Å². The van der Waals surface area contributed by atoms with Crippen molar-refractivity contribution in [1.29, 1.82) is 0 Å². The molecule has 0 atom stereocenters. The van der Waals surface area contributed by atoms with Gasteiger partial charge in [-0.2, -0.15) is 30.3 Å². The normalized spacial score (nSPS) is 9.00. The first-order chi connectivity index (χ1) is 7.74. The molecular formula is C13H9BrCl2MgO. The first-order valence-corrected chi connectivity index (χ1v) is 5.53. The Morgan fingerprint density at radius 2 is 1.56 bits per heavy atom. The monoisotopic (exact) mass is 354 g/mol. The van der Waals surface area contributed by atoms with E-state index in [2.05, 4.69) is 6.07 Å². The molecule has 0 N–H and O–H groups in total. The number of halogens is 3. The maximum absolute atomic E-state index is 5.86. The van der Waals surface area contributed by atoms with Crippen LogP contribution in [0.15, 0.2) is 42.5 Å². The van der Waals surface area contributed by atoms with Crippen LogP contribution in [0.25, 0.3) is 0 Å². The first-order valence-electron chi connectivity index (χ1n) is 4.78. The molecule has 0 aliphatic heterocycles. The van der Waals surface area contributed by atoms with Crippen LogP contribution in [0.1, 0.15) is 5.56 Å². The number of hydrogen-bond acceptors (Lipinski definition) is 1. The van der Waals surface area contributed by atoms with Crippen molar-refractivity contribution in [3.05, 3.63) is 64.1 Å². The molecular weight excluding hydrogens is 347 g/mol. The summed E-state index contributed by atoms with van der Waals surface area (Å²) in [5.74, 6) is 0.672. The standard InChI is InChI=1S/C13H9Cl2O.BrH.Mg/c14-11-6-12(15)8-13(7-11)16-9-10-4-2-1-3-5-10;;/h2-8H,9H2;1H;/q-1;;+2/p-1. The predicted molar refractivity (Wildman–Crippen MR) is 71.8 cm³/mol. The van der Waals surface area contributed by atoms with Gasteiger partial charge >= 0.3 is 23.1 Å². The summed E-state index contributed by atoms with van der Waals surface area (Å²) in [6.07, 6.45) is 0. The van der Waals surface area contributed by atoms with Crippen LogP contribution in [0.2, 0.25) is 10.0 Å². The van der Waals surface area contributed by atoms with Crippen molar-refractivity contribution in [1.82, 2.24) is 0 Å². The second-order valence-electron chi connectivity index (χ2n) is 3.30. The van der Waals surface area contributed by atoms with Gasteiger partial charge in [-0.05, 0) is 18.2 Å². The number of hydrogen-bond donors (Lipinski definition) is 0. The van der Waals surface area contributed by atoms with Gasteiger partial charge in [0.05, 0.1) is 6.61 Å². The van der Waals surface area contributed by atoms with E-state index in [1.165, 1.54) is 0 Å².